The second kappa shape index (κ2) is 3.48. The van der Waals surface area contributed by atoms with E-state index in [1.54, 1.807) is 0 Å². The highest BCUT2D eigenvalue weighted by Gasteiger charge is 2.55. The number of ether oxygens (including phenoxy) is 1. The SMILES string of the molecule is CC(C)(C)OC(=O)[C@]12CC[C@H]1CCCN2. The molecule has 3 heteroatoms. The van der Waals surface area contributed by atoms with Crippen LogP contribution in [0.15, 0.2) is 0 Å². The van der Waals surface area contributed by atoms with Crippen molar-refractivity contribution in [2.24, 2.45) is 5.92 Å². The van der Waals surface area contributed by atoms with Crippen molar-refractivity contribution in [2.75, 3.05) is 6.54 Å². The van der Waals surface area contributed by atoms with E-state index < -0.39 is 0 Å². The third-order valence-electron chi connectivity index (χ3n) is 3.52. The minimum atomic E-state index is -0.370. The number of hydrogen-bond donors (Lipinski definition) is 1. The molecule has 2 atom stereocenters. The maximum absolute atomic E-state index is 12.1. The smallest absolute Gasteiger partial charge is 0.327 e. The predicted molar refractivity (Wildman–Crippen MR) is 58.5 cm³/mol. The molecule has 0 spiro atoms. The number of rotatable bonds is 1. The van der Waals surface area contributed by atoms with Crippen LogP contribution in [0.3, 0.4) is 0 Å². The van der Waals surface area contributed by atoms with Gasteiger partial charge in [-0.25, -0.2) is 0 Å². The molecule has 0 aromatic carbocycles. The zero-order valence-electron chi connectivity index (χ0n) is 9.93. The number of nitrogens with one attached hydrogen (secondary N) is 1. The van der Waals surface area contributed by atoms with Crippen LogP contribution in [0, 0.1) is 5.92 Å². The van der Waals surface area contributed by atoms with Crippen LogP contribution in [0.1, 0.15) is 46.5 Å². The minimum absolute atomic E-state index is 0.0362. The Morgan fingerprint density at radius 3 is 2.60 bits per heavy atom. The molecule has 0 amide bonds. The van der Waals surface area contributed by atoms with Crippen molar-refractivity contribution in [2.45, 2.75) is 57.6 Å². The molecule has 2 rings (SSSR count). The lowest BCUT2D eigenvalue weighted by Crippen LogP contribution is -2.67. The van der Waals surface area contributed by atoms with E-state index in [1.807, 2.05) is 20.8 Å². The number of fused-ring (bicyclic) bond motifs is 1. The van der Waals surface area contributed by atoms with Crippen LogP contribution in [0.2, 0.25) is 0 Å². The maximum atomic E-state index is 12.1. The number of piperidine rings is 1. The highest BCUT2D eigenvalue weighted by Crippen LogP contribution is 2.45. The van der Waals surface area contributed by atoms with Crippen LogP contribution in [-0.4, -0.2) is 23.7 Å². The summed E-state index contributed by atoms with van der Waals surface area (Å²) < 4.78 is 5.50. The van der Waals surface area contributed by atoms with E-state index in [9.17, 15) is 4.79 Å². The number of esters is 1. The summed E-state index contributed by atoms with van der Waals surface area (Å²) in [5.41, 5.74) is -0.698. The molecule has 2 aliphatic rings. The first-order valence-corrected chi connectivity index (χ1v) is 5.92. The summed E-state index contributed by atoms with van der Waals surface area (Å²) >= 11 is 0. The zero-order chi connectivity index (χ0) is 11.1. The van der Waals surface area contributed by atoms with Crippen molar-refractivity contribution < 1.29 is 9.53 Å². The molecule has 86 valence electrons. The first kappa shape index (κ1) is 10.9. The first-order valence-electron chi connectivity index (χ1n) is 5.92. The van der Waals surface area contributed by atoms with Gasteiger partial charge < -0.3 is 10.1 Å². The summed E-state index contributed by atoms with van der Waals surface area (Å²) in [4.78, 5) is 12.1. The van der Waals surface area contributed by atoms with Gasteiger partial charge in [-0.05, 0) is 58.9 Å². The van der Waals surface area contributed by atoms with Gasteiger partial charge in [0, 0.05) is 0 Å². The predicted octanol–water partition coefficient (Wildman–Crippen LogP) is 1.86. The minimum Gasteiger partial charge on any atom is -0.459 e. The van der Waals surface area contributed by atoms with E-state index in [2.05, 4.69) is 5.32 Å². The second-order valence-electron chi connectivity index (χ2n) is 5.78. The summed E-state index contributed by atoms with van der Waals surface area (Å²) in [6.45, 7) is 6.74. The van der Waals surface area contributed by atoms with Crippen molar-refractivity contribution in [3.05, 3.63) is 0 Å². The standard InChI is InChI=1S/C12H21NO2/c1-11(2,3)15-10(14)12-7-6-9(12)5-4-8-13-12/h9,13H,4-8H2,1-3H3/t9-,12+/m1/s1. The lowest BCUT2D eigenvalue weighted by molar-refractivity contribution is -0.174. The Morgan fingerprint density at radius 2 is 2.13 bits per heavy atom. The maximum Gasteiger partial charge on any atom is 0.327 e. The lowest BCUT2D eigenvalue weighted by atomic mass is 9.63. The molecule has 3 nitrogen and oxygen atoms in total. The first-order chi connectivity index (χ1) is 6.94. The largest absolute Gasteiger partial charge is 0.459 e. The van der Waals surface area contributed by atoms with Gasteiger partial charge in [0.05, 0.1) is 0 Å². The third-order valence-corrected chi connectivity index (χ3v) is 3.52. The zero-order valence-corrected chi connectivity index (χ0v) is 9.93. The Morgan fingerprint density at radius 1 is 1.40 bits per heavy atom. The summed E-state index contributed by atoms with van der Waals surface area (Å²) in [6.07, 6.45) is 4.49. The highest BCUT2D eigenvalue weighted by atomic mass is 16.6. The quantitative estimate of drug-likeness (QED) is 0.673. The van der Waals surface area contributed by atoms with E-state index >= 15 is 0 Å². The number of hydrogen-bond acceptors (Lipinski definition) is 3. The van der Waals surface area contributed by atoms with Gasteiger partial charge in [0.2, 0.25) is 0 Å². The Kier molecular flexibility index (Phi) is 2.53. The van der Waals surface area contributed by atoms with Crippen LogP contribution < -0.4 is 5.32 Å². The van der Waals surface area contributed by atoms with Crippen LogP contribution in [0.5, 0.6) is 0 Å². The van der Waals surface area contributed by atoms with E-state index in [-0.39, 0.29) is 17.1 Å². The van der Waals surface area contributed by atoms with Crippen molar-refractivity contribution >= 4 is 5.97 Å². The molecule has 0 aromatic rings. The van der Waals surface area contributed by atoms with E-state index in [4.69, 9.17) is 4.74 Å². The van der Waals surface area contributed by atoms with Gasteiger partial charge in [0.1, 0.15) is 11.1 Å². The van der Waals surface area contributed by atoms with Gasteiger partial charge in [0.25, 0.3) is 0 Å². The van der Waals surface area contributed by atoms with E-state index in [0.29, 0.717) is 5.92 Å². The molecule has 0 aromatic heterocycles. The normalized spacial score (nSPS) is 35.3. The topological polar surface area (TPSA) is 38.3 Å². The average molecular weight is 211 g/mol. The van der Waals surface area contributed by atoms with Crippen molar-refractivity contribution in [1.82, 2.24) is 5.32 Å². The fourth-order valence-corrected chi connectivity index (χ4v) is 2.63. The van der Waals surface area contributed by atoms with Gasteiger partial charge in [-0.3, -0.25) is 4.79 Å². The van der Waals surface area contributed by atoms with Gasteiger partial charge in [-0.2, -0.15) is 0 Å². The Hall–Kier alpha value is -0.570. The summed E-state index contributed by atoms with van der Waals surface area (Å²) in [7, 11) is 0. The molecule has 1 aliphatic heterocycles. The molecule has 1 N–H and O–H groups in total. The molecule has 1 saturated carbocycles. The van der Waals surface area contributed by atoms with Crippen molar-refractivity contribution in [1.29, 1.82) is 0 Å². The van der Waals surface area contributed by atoms with Crippen molar-refractivity contribution in [3.63, 3.8) is 0 Å². The number of carbonyl (C=O) groups excluding carboxylic acids is 1. The summed E-state index contributed by atoms with van der Waals surface area (Å²) in [5.74, 6) is 0.479. The van der Waals surface area contributed by atoms with Gasteiger partial charge in [-0.1, -0.05) is 0 Å². The highest BCUT2D eigenvalue weighted by molar-refractivity contribution is 5.83. The third kappa shape index (κ3) is 1.89. The van der Waals surface area contributed by atoms with Crippen molar-refractivity contribution in [3.8, 4) is 0 Å². The van der Waals surface area contributed by atoms with E-state index in [1.165, 1.54) is 19.3 Å². The average Bonchev–Trinajstić information content (AvgIpc) is 2.04. The van der Waals surface area contributed by atoms with Crippen LogP contribution in [0.25, 0.3) is 0 Å². The molecular formula is C12H21NO2. The molecule has 1 heterocycles. The molecule has 0 radical (unpaired) electrons. The second-order valence-corrected chi connectivity index (χ2v) is 5.78. The molecule has 15 heavy (non-hydrogen) atoms. The Labute approximate surface area is 91.6 Å². The van der Waals surface area contributed by atoms with E-state index in [0.717, 1.165) is 13.0 Å². The molecule has 0 bridgehead atoms. The molecule has 1 aliphatic carbocycles. The Balaban J connectivity index is 2.05. The fourth-order valence-electron chi connectivity index (χ4n) is 2.63. The lowest BCUT2D eigenvalue weighted by Gasteiger charge is -2.51. The van der Waals surface area contributed by atoms with Gasteiger partial charge in [0.15, 0.2) is 0 Å². The molecule has 1 saturated heterocycles. The van der Waals surface area contributed by atoms with Gasteiger partial charge >= 0.3 is 5.97 Å². The summed E-state index contributed by atoms with van der Waals surface area (Å²) in [5, 5.41) is 3.38. The molecule has 2 fully saturated rings. The number of carbonyl (C=O) groups is 1. The monoisotopic (exact) mass is 211 g/mol. The van der Waals surface area contributed by atoms with Crippen LogP contribution in [-0.2, 0) is 9.53 Å². The fraction of sp³-hybridized carbons (Fsp3) is 0.917. The van der Waals surface area contributed by atoms with Crippen LogP contribution in [0.4, 0.5) is 0 Å². The van der Waals surface area contributed by atoms with Crippen LogP contribution >= 0.6 is 0 Å². The van der Waals surface area contributed by atoms with Gasteiger partial charge in [-0.15, -0.1) is 0 Å². The molecule has 0 unspecified atom stereocenters. The molecular weight excluding hydrogens is 190 g/mol. The summed E-state index contributed by atoms with van der Waals surface area (Å²) in [6, 6.07) is 0. The Bertz CT molecular complexity index is 269.